The van der Waals surface area contributed by atoms with E-state index < -0.39 is 0 Å². The average Bonchev–Trinajstić information content (AvgIpc) is 3.03. The monoisotopic (exact) mass is 374 g/mol. The Morgan fingerprint density at radius 1 is 1.17 bits per heavy atom. The molecule has 1 N–H and O–H groups in total. The third-order valence-corrected chi connectivity index (χ3v) is 3.93. The molecule has 1 aromatic heterocycles. The highest BCUT2D eigenvalue weighted by molar-refractivity contribution is 9.10. The van der Waals surface area contributed by atoms with Gasteiger partial charge in [0.2, 0.25) is 0 Å². The van der Waals surface area contributed by atoms with Crippen LogP contribution in [0.5, 0.6) is 0 Å². The fourth-order valence-electron chi connectivity index (χ4n) is 2.06. The van der Waals surface area contributed by atoms with E-state index in [-0.39, 0.29) is 18.3 Å². The summed E-state index contributed by atoms with van der Waals surface area (Å²) in [5, 5.41) is 6.69. The molecule has 2 aromatic carbocycles. The normalized spacial score (nSPS) is 10.5. The molecule has 6 heteroatoms. The first-order valence-electron chi connectivity index (χ1n) is 6.88. The lowest BCUT2D eigenvalue weighted by atomic mass is 10.1. The van der Waals surface area contributed by atoms with Gasteiger partial charge in [0.15, 0.2) is 5.76 Å². The van der Waals surface area contributed by atoms with Crippen molar-refractivity contribution in [2.75, 3.05) is 0 Å². The van der Waals surface area contributed by atoms with Gasteiger partial charge in [0.05, 0.1) is 12.1 Å². The number of amides is 1. The molecule has 0 aliphatic carbocycles. The lowest BCUT2D eigenvalue weighted by Gasteiger charge is -2.04. The van der Waals surface area contributed by atoms with E-state index in [2.05, 4.69) is 26.4 Å². The van der Waals surface area contributed by atoms with Gasteiger partial charge in [-0.05, 0) is 52.3 Å². The van der Waals surface area contributed by atoms with Gasteiger partial charge in [-0.1, -0.05) is 17.3 Å². The Labute approximate surface area is 140 Å². The molecule has 0 radical (unpaired) electrons. The van der Waals surface area contributed by atoms with E-state index in [1.165, 1.54) is 12.1 Å². The van der Waals surface area contributed by atoms with Crippen LogP contribution in [-0.2, 0) is 6.54 Å². The van der Waals surface area contributed by atoms with E-state index >= 15 is 0 Å². The molecule has 0 saturated heterocycles. The number of nitrogens with zero attached hydrogens (tertiary/aromatic N) is 1. The van der Waals surface area contributed by atoms with Crippen LogP contribution in [-0.4, -0.2) is 11.1 Å². The molecule has 3 aromatic rings. The van der Waals surface area contributed by atoms with Crippen molar-refractivity contribution in [2.24, 2.45) is 0 Å². The Morgan fingerprint density at radius 2 is 1.91 bits per heavy atom. The van der Waals surface area contributed by atoms with Crippen molar-refractivity contribution in [2.45, 2.75) is 6.54 Å². The summed E-state index contributed by atoms with van der Waals surface area (Å²) in [6, 6.07) is 14.8. The van der Waals surface area contributed by atoms with Crippen LogP contribution in [0.15, 0.2) is 63.6 Å². The molecule has 1 amide bonds. The van der Waals surface area contributed by atoms with Gasteiger partial charge in [0.1, 0.15) is 11.5 Å². The fourth-order valence-corrected chi connectivity index (χ4v) is 2.52. The third-order valence-electron chi connectivity index (χ3n) is 3.24. The van der Waals surface area contributed by atoms with E-state index in [9.17, 15) is 9.18 Å². The van der Waals surface area contributed by atoms with Gasteiger partial charge in [0, 0.05) is 16.1 Å². The van der Waals surface area contributed by atoms with Crippen LogP contribution in [0, 0.1) is 5.82 Å². The number of carbonyl (C=O) groups excluding carboxylic acids is 1. The van der Waals surface area contributed by atoms with Crippen molar-refractivity contribution in [3.63, 3.8) is 0 Å². The van der Waals surface area contributed by atoms with E-state index in [4.69, 9.17) is 4.52 Å². The molecule has 3 rings (SSSR count). The van der Waals surface area contributed by atoms with Crippen molar-refractivity contribution in [3.8, 4) is 11.3 Å². The number of hydrogen-bond acceptors (Lipinski definition) is 3. The largest absolute Gasteiger partial charge is 0.356 e. The average molecular weight is 375 g/mol. The topological polar surface area (TPSA) is 55.1 Å². The first-order valence-corrected chi connectivity index (χ1v) is 7.67. The smallest absolute Gasteiger partial charge is 0.252 e. The molecule has 23 heavy (non-hydrogen) atoms. The summed E-state index contributed by atoms with van der Waals surface area (Å²) < 4.78 is 18.9. The van der Waals surface area contributed by atoms with Gasteiger partial charge in [-0.15, -0.1) is 0 Å². The summed E-state index contributed by atoms with van der Waals surface area (Å²) in [5.74, 6) is 0.00754. The molecule has 0 unspecified atom stereocenters. The summed E-state index contributed by atoms with van der Waals surface area (Å²) in [7, 11) is 0. The number of carbonyl (C=O) groups is 1. The van der Waals surface area contributed by atoms with Crippen LogP contribution in [0.3, 0.4) is 0 Å². The van der Waals surface area contributed by atoms with E-state index in [1.807, 2.05) is 6.07 Å². The first-order chi connectivity index (χ1) is 11.1. The standard InChI is InChI=1S/C17H12BrFN2O2/c18-15-4-2-1-3-14(15)17(22)20-10-13-9-16(23-21-13)11-5-7-12(19)8-6-11/h1-9H,10H2,(H,20,22). The molecule has 1 heterocycles. The van der Waals surface area contributed by atoms with E-state index in [0.29, 0.717) is 17.0 Å². The highest BCUT2D eigenvalue weighted by Crippen LogP contribution is 2.21. The molecule has 4 nitrogen and oxygen atoms in total. The summed E-state index contributed by atoms with van der Waals surface area (Å²) in [6.07, 6.45) is 0. The minimum absolute atomic E-state index is 0.205. The second-order valence-corrected chi connectivity index (χ2v) is 5.71. The molecule has 0 aliphatic rings. The Hall–Kier alpha value is -2.47. The summed E-state index contributed by atoms with van der Waals surface area (Å²) in [4.78, 5) is 12.1. The number of nitrogens with one attached hydrogen (secondary N) is 1. The molecule has 0 bridgehead atoms. The second kappa shape index (κ2) is 6.75. The van der Waals surface area contributed by atoms with E-state index in [0.717, 1.165) is 10.0 Å². The molecule has 0 fully saturated rings. The van der Waals surface area contributed by atoms with Crippen molar-refractivity contribution >= 4 is 21.8 Å². The summed E-state index contributed by atoms with van der Waals surface area (Å²) >= 11 is 3.34. The maximum absolute atomic E-state index is 12.9. The zero-order chi connectivity index (χ0) is 16.2. The first kappa shape index (κ1) is 15.4. The Balaban J connectivity index is 1.67. The molecule has 0 aliphatic heterocycles. The maximum atomic E-state index is 12.9. The third kappa shape index (κ3) is 3.65. The Morgan fingerprint density at radius 3 is 2.65 bits per heavy atom. The van der Waals surface area contributed by atoms with Crippen molar-refractivity contribution in [1.82, 2.24) is 10.5 Å². The van der Waals surface area contributed by atoms with Crippen LogP contribution < -0.4 is 5.32 Å². The van der Waals surface area contributed by atoms with Gasteiger partial charge in [0.25, 0.3) is 5.91 Å². The van der Waals surface area contributed by atoms with Crippen molar-refractivity contribution in [1.29, 1.82) is 0 Å². The minimum atomic E-state index is -0.311. The molecule has 0 spiro atoms. The number of halogens is 2. The highest BCUT2D eigenvalue weighted by Gasteiger charge is 2.11. The van der Waals surface area contributed by atoms with Crippen LogP contribution in [0.2, 0.25) is 0 Å². The lowest BCUT2D eigenvalue weighted by Crippen LogP contribution is -2.23. The quantitative estimate of drug-likeness (QED) is 0.745. The predicted octanol–water partition coefficient (Wildman–Crippen LogP) is 4.17. The second-order valence-electron chi connectivity index (χ2n) is 4.85. The van der Waals surface area contributed by atoms with Gasteiger partial charge in [-0.25, -0.2) is 4.39 Å². The van der Waals surface area contributed by atoms with Gasteiger partial charge >= 0.3 is 0 Å². The SMILES string of the molecule is O=C(NCc1cc(-c2ccc(F)cc2)on1)c1ccccc1Br. The van der Waals surface area contributed by atoms with Gasteiger partial charge < -0.3 is 9.84 Å². The number of aromatic nitrogens is 1. The van der Waals surface area contributed by atoms with Crippen LogP contribution in [0.4, 0.5) is 4.39 Å². The minimum Gasteiger partial charge on any atom is -0.356 e. The van der Waals surface area contributed by atoms with Gasteiger partial charge in [-0.2, -0.15) is 0 Å². The number of benzene rings is 2. The number of rotatable bonds is 4. The molecular weight excluding hydrogens is 363 g/mol. The lowest BCUT2D eigenvalue weighted by molar-refractivity contribution is 0.0949. The molecular formula is C17H12BrFN2O2. The van der Waals surface area contributed by atoms with Crippen LogP contribution >= 0.6 is 15.9 Å². The van der Waals surface area contributed by atoms with Crippen molar-refractivity contribution < 1.29 is 13.7 Å². The summed E-state index contributed by atoms with van der Waals surface area (Å²) in [5.41, 5.74) is 1.86. The highest BCUT2D eigenvalue weighted by atomic mass is 79.9. The maximum Gasteiger partial charge on any atom is 0.252 e. The molecule has 0 saturated carbocycles. The zero-order valence-corrected chi connectivity index (χ0v) is 13.5. The number of hydrogen-bond donors (Lipinski definition) is 1. The molecule has 116 valence electrons. The predicted molar refractivity (Wildman–Crippen MR) is 87.2 cm³/mol. The van der Waals surface area contributed by atoms with Crippen LogP contribution in [0.25, 0.3) is 11.3 Å². The van der Waals surface area contributed by atoms with Crippen molar-refractivity contribution in [3.05, 3.63) is 76.1 Å². The van der Waals surface area contributed by atoms with E-state index in [1.54, 1.807) is 36.4 Å². The zero-order valence-electron chi connectivity index (χ0n) is 11.9. The Kier molecular flexibility index (Phi) is 4.52. The van der Waals surface area contributed by atoms with Gasteiger partial charge in [-0.3, -0.25) is 4.79 Å². The van der Waals surface area contributed by atoms with Crippen LogP contribution in [0.1, 0.15) is 16.1 Å². The summed E-state index contributed by atoms with van der Waals surface area (Å²) in [6.45, 7) is 0.241. The Bertz CT molecular complexity index is 831. The fraction of sp³-hybridized carbons (Fsp3) is 0.0588. The molecule has 0 atom stereocenters.